The molecule has 1 aliphatic rings. The lowest BCUT2D eigenvalue weighted by atomic mass is 10.2. The Kier molecular flexibility index (Phi) is 5.67. The second kappa shape index (κ2) is 7.94. The summed E-state index contributed by atoms with van der Waals surface area (Å²) in [6.45, 7) is 1.48. The van der Waals surface area contributed by atoms with Crippen LogP contribution in [0.25, 0.3) is 0 Å². The van der Waals surface area contributed by atoms with Crippen molar-refractivity contribution in [3.05, 3.63) is 41.4 Å². The third-order valence-corrected chi connectivity index (χ3v) is 6.58. The highest BCUT2D eigenvalue weighted by Gasteiger charge is 2.25. The Balaban J connectivity index is 1.57. The number of amides is 2. The van der Waals surface area contributed by atoms with Crippen molar-refractivity contribution in [2.45, 2.75) is 30.7 Å². The van der Waals surface area contributed by atoms with Crippen LogP contribution in [0.15, 0.2) is 40.7 Å². The zero-order chi connectivity index (χ0) is 17.7. The van der Waals surface area contributed by atoms with Gasteiger partial charge in [-0.2, -0.15) is 4.31 Å². The van der Waals surface area contributed by atoms with Crippen LogP contribution in [0, 0.1) is 0 Å². The first kappa shape index (κ1) is 17.8. The predicted molar refractivity (Wildman–Crippen MR) is 97.0 cm³/mol. The summed E-state index contributed by atoms with van der Waals surface area (Å²) in [6.07, 6.45) is 4.52. The van der Waals surface area contributed by atoms with Crippen LogP contribution in [0.2, 0.25) is 0 Å². The van der Waals surface area contributed by atoms with Gasteiger partial charge in [-0.25, -0.2) is 18.2 Å². The van der Waals surface area contributed by atoms with Crippen LogP contribution in [-0.4, -0.2) is 36.8 Å². The Morgan fingerprint density at radius 3 is 2.52 bits per heavy atom. The third kappa shape index (κ3) is 4.56. The third-order valence-electron chi connectivity index (χ3n) is 3.98. The number of anilines is 1. The van der Waals surface area contributed by atoms with Crippen molar-refractivity contribution in [1.29, 1.82) is 0 Å². The zero-order valence-electron chi connectivity index (χ0n) is 13.6. The maximum Gasteiger partial charge on any atom is 0.321 e. The number of nitrogens with one attached hydrogen (secondary N) is 2. The van der Waals surface area contributed by atoms with Gasteiger partial charge < -0.3 is 5.32 Å². The van der Waals surface area contributed by atoms with Gasteiger partial charge >= 0.3 is 6.03 Å². The Morgan fingerprint density at radius 2 is 1.88 bits per heavy atom. The summed E-state index contributed by atoms with van der Waals surface area (Å²) in [5.41, 5.74) is 0.826. The van der Waals surface area contributed by atoms with Gasteiger partial charge in [0.25, 0.3) is 0 Å². The van der Waals surface area contributed by atoms with E-state index in [1.54, 1.807) is 40.1 Å². The minimum atomic E-state index is -3.42. The van der Waals surface area contributed by atoms with E-state index in [0.717, 1.165) is 24.8 Å². The minimum Gasteiger partial charge on any atom is -0.334 e. The number of sulfonamides is 1. The van der Waals surface area contributed by atoms with Crippen LogP contribution in [-0.2, 0) is 16.6 Å². The molecule has 0 unspecified atom stereocenters. The molecule has 0 bridgehead atoms. The Hall–Kier alpha value is -1.97. The molecule has 1 aromatic heterocycles. The van der Waals surface area contributed by atoms with Crippen LogP contribution in [0.4, 0.5) is 9.93 Å². The van der Waals surface area contributed by atoms with Crippen molar-refractivity contribution >= 4 is 32.5 Å². The van der Waals surface area contributed by atoms with E-state index in [-0.39, 0.29) is 6.03 Å². The number of urea groups is 1. The molecule has 2 amide bonds. The molecular weight excluding hydrogens is 360 g/mol. The number of hydrogen-bond donors (Lipinski definition) is 2. The van der Waals surface area contributed by atoms with Gasteiger partial charge in [-0.3, -0.25) is 5.32 Å². The molecule has 0 spiro atoms. The lowest BCUT2D eigenvalue weighted by Gasteiger charge is -2.25. The highest BCUT2D eigenvalue weighted by Crippen LogP contribution is 2.20. The van der Waals surface area contributed by atoms with Crippen LogP contribution >= 0.6 is 11.3 Å². The van der Waals surface area contributed by atoms with Gasteiger partial charge in [0, 0.05) is 31.2 Å². The molecule has 2 heterocycles. The highest BCUT2D eigenvalue weighted by molar-refractivity contribution is 7.89. The average molecular weight is 380 g/mol. The molecule has 1 aromatic carbocycles. The molecule has 0 saturated carbocycles. The highest BCUT2D eigenvalue weighted by atomic mass is 32.2. The zero-order valence-corrected chi connectivity index (χ0v) is 15.3. The number of piperidine rings is 1. The van der Waals surface area contributed by atoms with Gasteiger partial charge in [0.15, 0.2) is 5.13 Å². The SMILES string of the molecule is O=C(NCc1ccc(S(=O)(=O)N2CCCCC2)cc1)Nc1nccs1. The van der Waals surface area contributed by atoms with Crippen molar-refractivity contribution in [2.75, 3.05) is 18.4 Å². The first-order valence-corrected chi connectivity index (χ1v) is 10.4. The smallest absolute Gasteiger partial charge is 0.321 e. The molecule has 0 atom stereocenters. The molecule has 3 rings (SSSR count). The number of nitrogens with zero attached hydrogens (tertiary/aromatic N) is 2. The summed E-state index contributed by atoms with van der Waals surface area (Å²) in [5, 5.41) is 7.64. The van der Waals surface area contributed by atoms with Gasteiger partial charge in [0.05, 0.1) is 4.90 Å². The molecule has 25 heavy (non-hydrogen) atoms. The fraction of sp³-hybridized carbons (Fsp3) is 0.375. The molecule has 1 aliphatic heterocycles. The first-order valence-electron chi connectivity index (χ1n) is 8.09. The van der Waals surface area contributed by atoms with Gasteiger partial charge in [0.1, 0.15) is 0 Å². The molecule has 1 saturated heterocycles. The Labute approximate surface area is 151 Å². The summed E-state index contributed by atoms with van der Waals surface area (Å²) in [5.74, 6) is 0. The summed E-state index contributed by atoms with van der Waals surface area (Å²) >= 11 is 1.34. The van der Waals surface area contributed by atoms with Gasteiger partial charge in [0.2, 0.25) is 10.0 Å². The molecule has 0 aliphatic carbocycles. The van der Waals surface area contributed by atoms with Crippen LogP contribution in [0.1, 0.15) is 24.8 Å². The minimum absolute atomic E-state index is 0.297. The molecule has 0 radical (unpaired) electrons. The standard InChI is InChI=1S/C16H20N4O3S2/c21-15(19-16-17-8-11-24-16)18-12-13-4-6-14(7-5-13)25(22,23)20-9-2-1-3-10-20/h4-8,11H,1-3,9-10,12H2,(H2,17,18,19,21). The molecule has 9 heteroatoms. The van der Waals surface area contributed by atoms with Crippen molar-refractivity contribution in [3.63, 3.8) is 0 Å². The number of thiazole rings is 1. The predicted octanol–water partition coefficient (Wildman–Crippen LogP) is 2.64. The van der Waals surface area contributed by atoms with Crippen LogP contribution < -0.4 is 10.6 Å². The average Bonchev–Trinajstić information content (AvgIpc) is 3.14. The van der Waals surface area contributed by atoms with E-state index in [4.69, 9.17) is 0 Å². The number of carbonyl (C=O) groups is 1. The molecule has 2 aromatic rings. The first-order chi connectivity index (χ1) is 12.1. The lowest BCUT2D eigenvalue weighted by molar-refractivity contribution is 0.251. The van der Waals surface area contributed by atoms with E-state index in [1.807, 2.05) is 0 Å². The van der Waals surface area contributed by atoms with Crippen molar-refractivity contribution < 1.29 is 13.2 Å². The maximum absolute atomic E-state index is 12.6. The lowest BCUT2D eigenvalue weighted by Crippen LogP contribution is -2.35. The Morgan fingerprint density at radius 1 is 1.16 bits per heavy atom. The molecule has 1 fully saturated rings. The summed E-state index contributed by atoms with van der Waals surface area (Å²) < 4.78 is 26.7. The monoisotopic (exact) mass is 380 g/mol. The van der Waals surface area contributed by atoms with Gasteiger partial charge in [-0.1, -0.05) is 18.6 Å². The van der Waals surface area contributed by atoms with Crippen LogP contribution in [0.3, 0.4) is 0 Å². The topological polar surface area (TPSA) is 91.4 Å². The van der Waals surface area contributed by atoms with E-state index in [0.29, 0.717) is 29.7 Å². The van der Waals surface area contributed by atoms with E-state index in [1.165, 1.54) is 11.3 Å². The van der Waals surface area contributed by atoms with Crippen molar-refractivity contribution in [2.24, 2.45) is 0 Å². The molecule has 7 nitrogen and oxygen atoms in total. The summed E-state index contributed by atoms with van der Waals surface area (Å²) in [4.78, 5) is 16.0. The largest absolute Gasteiger partial charge is 0.334 e. The van der Waals surface area contributed by atoms with E-state index in [9.17, 15) is 13.2 Å². The second-order valence-electron chi connectivity index (χ2n) is 5.75. The number of aromatic nitrogens is 1. The van der Waals surface area contributed by atoms with E-state index >= 15 is 0 Å². The number of benzene rings is 1. The van der Waals surface area contributed by atoms with E-state index < -0.39 is 10.0 Å². The molecule has 2 N–H and O–H groups in total. The fourth-order valence-corrected chi connectivity index (χ4v) is 4.68. The number of carbonyl (C=O) groups excluding carboxylic acids is 1. The summed E-state index contributed by atoms with van der Waals surface area (Å²) in [6, 6.07) is 6.29. The molecular formula is C16H20N4O3S2. The van der Waals surface area contributed by atoms with Crippen molar-refractivity contribution in [3.8, 4) is 0 Å². The maximum atomic E-state index is 12.6. The summed E-state index contributed by atoms with van der Waals surface area (Å²) in [7, 11) is -3.42. The quantitative estimate of drug-likeness (QED) is 0.834. The van der Waals surface area contributed by atoms with E-state index in [2.05, 4.69) is 15.6 Å². The molecule has 134 valence electrons. The Bertz CT molecular complexity index is 798. The second-order valence-corrected chi connectivity index (χ2v) is 8.59. The van der Waals surface area contributed by atoms with Gasteiger partial charge in [-0.15, -0.1) is 11.3 Å². The van der Waals surface area contributed by atoms with Crippen molar-refractivity contribution in [1.82, 2.24) is 14.6 Å². The number of rotatable bonds is 5. The van der Waals surface area contributed by atoms with Crippen LogP contribution in [0.5, 0.6) is 0 Å². The number of hydrogen-bond acceptors (Lipinski definition) is 5. The normalized spacial score (nSPS) is 15.7. The van der Waals surface area contributed by atoms with Gasteiger partial charge in [-0.05, 0) is 30.5 Å². The fourth-order valence-electron chi connectivity index (χ4n) is 2.64.